The van der Waals surface area contributed by atoms with Crippen LogP contribution in [0.25, 0.3) is 0 Å². The lowest BCUT2D eigenvalue weighted by atomic mass is 9.99. The molecule has 0 aliphatic carbocycles. The van der Waals surface area contributed by atoms with E-state index in [0.717, 1.165) is 5.75 Å². The van der Waals surface area contributed by atoms with Gasteiger partial charge in [-0.15, -0.1) is 0 Å². The first-order valence-electron chi connectivity index (χ1n) is 7.04. The van der Waals surface area contributed by atoms with Crippen molar-refractivity contribution in [3.05, 3.63) is 24.3 Å². The van der Waals surface area contributed by atoms with Crippen molar-refractivity contribution in [2.75, 3.05) is 24.7 Å². The van der Waals surface area contributed by atoms with Crippen LogP contribution in [0.2, 0.25) is 0 Å². The fourth-order valence-corrected chi connectivity index (χ4v) is 3.50. The summed E-state index contributed by atoms with van der Waals surface area (Å²) >= 11 is 1.52. The minimum absolute atomic E-state index is 0.246. The van der Waals surface area contributed by atoms with Crippen molar-refractivity contribution < 1.29 is 24.2 Å². The first kappa shape index (κ1) is 16.5. The highest BCUT2D eigenvalue weighted by Gasteiger charge is 2.43. The number of benzene rings is 1. The van der Waals surface area contributed by atoms with Crippen LogP contribution in [0.3, 0.4) is 0 Å². The molecule has 120 valence electrons. The Morgan fingerprint density at radius 3 is 2.55 bits per heavy atom. The molecule has 1 atom stereocenters. The van der Waals surface area contributed by atoms with Gasteiger partial charge in [0, 0.05) is 5.75 Å². The van der Waals surface area contributed by atoms with Gasteiger partial charge < -0.3 is 19.9 Å². The number of hydrogen-bond donors (Lipinski definition) is 2. The van der Waals surface area contributed by atoms with Crippen LogP contribution in [0, 0.1) is 0 Å². The highest BCUT2D eigenvalue weighted by molar-refractivity contribution is 7.99. The fraction of sp³-hybridized carbons (Fsp3) is 0.467. The van der Waals surface area contributed by atoms with Gasteiger partial charge in [-0.2, -0.15) is 11.8 Å². The minimum atomic E-state index is -1.18. The smallest absolute Gasteiger partial charge is 0.330 e. The lowest BCUT2D eigenvalue weighted by molar-refractivity contribution is -0.146. The molecule has 2 N–H and O–H groups in total. The summed E-state index contributed by atoms with van der Waals surface area (Å²) in [5, 5.41) is 11.9. The predicted molar refractivity (Wildman–Crippen MR) is 83.6 cm³/mol. The maximum atomic E-state index is 12.0. The highest BCUT2D eigenvalue weighted by atomic mass is 32.2. The van der Waals surface area contributed by atoms with Gasteiger partial charge in [0.1, 0.15) is 5.54 Å². The van der Waals surface area contributed by atoms with Crippen LogP contribution in [0.15, 0.2) is 24.3 Å². The quantitative estimate of drug-likeness (QED) is 0.791. The van der Waals surface area contributed by atoms with Gasteiger partial charge in [0.05, 0.1) is 6.61 Å². The maximum absolute atomic E-state index is 12.0. The summed E-state index contributed by atoms with van der Waals surface area (Å²) in [6.07, 6.45) is 0.425. The molecule has 0 radical (unpaired) electrons. The SMILES string of the molecule is CCOc1ccccc1OCC(=O)N[C@]1(C(=O)O)CCSC1. The number of carboxylic acids is 1. The summed E-state index contributed by atoms with van der Waals surface area (Å²) in [4.78, 5) is 23.4. The molecule has 22 heavy (non-hydrogen) atoms. The van der Waals surface area contributed by atoms with E-state index in [-0.39, 0.29) is 6.61 Å². The highest BCUT2D eigenvalue weighted by Crippen LogP contribution is 2.29. The summed E-state index contributed by atoms with van der Waals surface area (Å²) in [5.41, 5.74) is -1.18. The third-order valence-electron chi connectivity index (χ3n) is 3.32. The van der Waals surface area contributed by atoms with E-state index in [1.54, 1.807) is 18.2 Å². The van der Waals surface area contributed by atoms with Gasteiger partial charge in [-0.25, -0.2) is 4.79 Å². The van der Waals surface area contributed by atoms with Crippen LogP contribution < -0.4 is 14.8 Å². The van der Waals surface area contributed by atoms with Crippen molar-refractivity contribution in [1.82, 2.24) is 5.32 Å². The van der Waals surface area contributed by atoms with E-state index in [9.17, 15) is 14.7 Å². The van der Waals surface area contributed by atoms with Gasteiger partial charge in [0.25, 0.3) is 5.91 Å². The average Bonchev–Trinajstić information content (AvgIpc) is 2.96. The van der Waals surface area contributed by atoms with Gasteiger partial charge in [0.2, 0.25) is 0 Å². The van der Waals surface area contributed by atoms with Crippen LogP contribution in [0.4, 0.5) is 0 Å². The Bertz CT molecular complexity index is 542. The standard InChI is InChI=1S/C15H19NO5S/c1-2-20-11-5-3-4-6-12(11)21-9-13(17)16-15(14(18)19)7-8-22-10-15/h3-6H,2,7-10H2,1H3,(H,16,17)(H,18,19)/t15-/m1/s1. The van der Waals surface area contributed by atoms with Crippen LogP contribution in [-0.2, 0) is 9.59 Å². The third-order valence-corrected chi connectivity index (χ3v) is 4.51. The number of ether oxygens (including phenoxy) is 2. The van der Waals surface area contributed by atoms with Crippen LogP contribution in [0.5, 0.6) is 11.5 Å². The topological polar surface area (TPSA) is 84.9 Å². The van der Waals surface area contributed by atoms with Crippen LogP contribution >= 0.6 is 11.8 Å². The zero-order chi connectivity index (χ0) is 16.0. The summed E-state index contributed by atoms with van der Waals surface area (Å²) < 4.78 is 10.9. The number of amides is 1. The van der Waals surface area contributed by atoms with E-state index in [1.165, 1.54) is 11.8 Å². The Hall–Kier alpha value is -1.89. The molecular weight excluding hydrogens is 306 g/mol. The second kappa shape index (κ2) is 7.40. The Labute approximate surface area is 133 Å². The molecule has 0 saturated carbocycles. The van der Waals surface area contributed by atoms with E-state index in [2.05, 4.69) is 5.32 Å². The molecule has 1 fully saturated rings. The molecular formula is C15H19NO5S. The molecule has 1 aromatic carbocycles. The molecule has 0 bridgehead atoms. The molecule has 1 saturated heterocycles. The zero-order valence-electron chi connectivity index (χ0n) is 12.3. The average molecular weight is 325 g/mol. The lowest BCUT2D eigenvalue weighted by Crippen LogP contribution is -2.55. The van der Waals surface area contributed by atoms with Crippen molar-refractivity contribution in [3.8, 4) is 11.5 Å². The molecule has 7 heteroatoms. The number of nitrogens with one attached hydrogen (secondary N) is 1. The molecule has 1 aromatic rings. The van der Waals surface area contributed by atoms with Crippen LogP contribution in [0.1, 0.15) is 13.3 Å². The van der Waals surface area contributed by atoms with E-state index in [1.807, 2.05) is 13.0 Å². The first-order chi connectivity index (χ1) is 10.6. The van der Waals surface area contributed by atoms with Gasteiger partial charge in [0.15, 0.2) is 18.1 Å². The molecule has 2 rings (SSSR count). The normalized spacial score (nSPS) is 20.4. The summed E-state index contributed by atoms with van der Waals surface area (Å²) in [6, 6.07) is 7.05. The van der Waals surface area contributed by atoms with Crippen molar-refractivity contribution in [2.24, 2.45) is 0 Å². The van der Waals surface area contributed by atoms with E-state index < -0.39 is 17.4 Å². The Balaban J connectivity index is 1.94. The van der Waals surface area contributed by atoms with Crippen molar-refractivity contribution in [3.63, 3.8) is 0 Å². The fourth-order valence-electron chi connectivity index (χ4n) is 2.18. The predicted octanol–water partition coefficient (Wildman–Crippen LogP) is 1.54. The Morgan fingerprint density at radius 2 is 2.00 bits per heavy atom. The molecule has 1 heterocycles. The van der Waals surface area contributed by atoms with Gasteiger partial charge in [-0.3, -0.25) is 4.79 Å². The molecule has 0 aromatic heterocycles. The van der Waals surface area contributed by atoms with E-state index >= 15 is 0 Å². The molecule has 1 aliphatic rings. The van der Waals surface area contributed by atoms with Crippen molar-refractivity contribution >= 4 is 23.6 Å². The molecule has 0 spiro atoms. The van der Waals surface area contributed by atoms with E-state index in [0.29, 0.717) is 30.3 Å². The Morgan fingerprint density at radius 1 is 1.32 bits per heavy atom. The molecule has 1 amide bonds. The first-order valence-corrected chi connectivity index (χ1v) is 8.19. The lowest BCUT2D eigenvalue weighted by Gasteiger charge is -2.24. The number of aliphatic carboxylic acids is 1. The second-order valence-electron chi connectivity index (χ2n) is 4.91. The summed E-state index contributed by atoms with van der Waals surface area (Å²) in [6.45, 7) is 2.10. The number of hydrogen-bond acceptors (Lipinski definition) is 5. The number of carbonyl (C=O) groups excluding carboxylic acids is 1. The monoisotopic (exact) mass is 325 g/mol. The molecule has 0 unspecified atom stereocenters. The van der Waals surface area contributed by atoms with Crippen molar-refractivity contribution in [2.45, 2.75) is 18.9 Å². The third kappa shape index (κ3) is 3.85. The van der Waals surface area contributed by atoms with Crippen molar-refractivity contribution in [1.29, 1.82) is 0 Å². The number of rotatable bonds is 7. The second-order valence-corrected chi connectivity index (χ2v) is 6.01. The van der Waals surface area contributed by atoms with E-state index in [4.69, 9.17) is 9.47 Å². The Kier molecular flexibility index (Phi) is 5.54. The summed E-state index contributed by atoms with van der Waals surface area (Å²) in [7, 11) is 0. The number of carbonyl (C=O) groups is 2. The molecule has 1 aliphatic heterocycles. The minimum Gasteiger partial charge on any atom is -0.490 e. The maximum Gasteiger partial charge on any atom is 0.330 e. The number of para-hydroxylation sites is 2. The number of carboxylic acid groups (broad SMARTS) is 1. The van der Waals surface area contributed by atoms with Crippen LogP contribution in [-0.4, -0.2) is 47.2 Å². The molecule has 6 nitrogen and oxygen atoms in total. The largest absolute Gasteiger partial charge is 0.490 e. The van der Waals surface area contributed by atoms with Gasteiger partial charge in [-0.05, 0) is 31.2 Å². The van der Waals surface area contributed by atoms with Gasteiger partial charge in [-0.1, -0.05) is 12.1 Å². The number of thioether (sulfide) groups is 1. The summed E-state index contributed by atoms with van der Waals surface area (Å²) in [5.74, 6) is 0.674. The van der Waals surface area contributed by atoms with Gasteiger partial charge >= 0.3 is 5.97 Å². The zero-order valence-corrected chi connectivity index (χ0v) is 13.1.